The lowest BCUT2D eigenvalue weighted by molar-refractivity contribution is 0.0635. The summed E-state index contributed by atoms with van der Waals surface area (Å²) in [5, 5.41) is 10.6. The SMILES string of the molecule is CC(C)(C)C#Cc1cc(-c2ccnc(NC(=O)OC(C)(C)C)c2)cc2c(N)n[nH]c12. The lowest BCUT2D eigenvalue weighted by Gasteiger charge is -2.19. The number of pyridine rings is 1. The summed E-state index contributed by atoms with van der Waals surface area (Å²) in [6.07, 6.45) is 1.07. The zero-order chi connectivity index (χ0) is 22.1. The molecule has 0 saturated carbocycles. The van der Waals surface area contributed by atoms with Gasteiger partial charge in [-0.2, -0.15) is 5.10 Å². The molecule has 3 aromatic rings. The van der Waals surface area contributed by atoms with Crippen molar-refractivity contribution in [3.8, 4) is 23.0 Å². The fourth-order valence-corrected chi connectivity index (χ4v) is 2.75. The Morgan fingerprint density at radius 1 is 1.13 bits per heavy atom. The van der Waals surface area contributed by atoms with E-state index < -0.39 is 11.7 Å². The molecule has 7 heteroatoms. The maximum Gasteiger partial charge on any atom is 0.413 e. The van der Waals surface area contributed by atoms with Crippen LogP contribution in [0.5, 0.6) is 0 Å². The summed E-state index contributed by atoms with van der Waals surface area (Å²) < 4.78 is 5.30. The Morgan fingerprint density at radius 3 is 2.53 bits per heavy atom. The maximum absolute atomic E-state index is 12.1. The van der Waals surface area contributed by atoms with Crippen molar-refractivity contribution in [2.45, 2.75) is 47.1 Å². The van der Waals surface area contributed by atoms with Gasteiger partial charge in [-0.1, -0.05) is 11.8 Å². The topological polar surface area (TPSA) is 106 Å². The van der Waals surface area contributed by atoms with Crippen LogP contribution in [0.15, 0.2) is 30.5 Å². The summed E-state index contributed by atoms with van der Waals surface area (Å²) in [7, 11) is 0. The third-order valence-corrected chi connectivity index (χ3v) is 4.00. The molecule has 30 heavy (non-hydrogen) atoms. The molecule has 0 spiro atoms. The van der Waals surface area contributed by atoms with Crippen molar-refractivity contribution in [1.82, 2.24) is 15.2 Å². The third kappa shape index (κ3) is 5.29. The van der Waals surface area contributed by atoms with E-state index in [4.69, 9.17) is 10.5 Å². The van der Waals surface area contributed by atoms with Crippen molar-refractivity contribution in [2.24, 2.45) is 5.41 Å². The van der Waals surface area contributed by atoms with Gasteiger partial charge in [0.15, 0.2) is 5.82 Å². The number of fused-ring (bicyclic) bond motifs is 1. The lowest BCUT2D eigenvalue weighted by Crippen LogP contribution is -2.27. The molecule has 3 rings (SSSR count). The zero-order valence-corrected chi connectivity index (χ0v) is 18.2. The van der Waals surface area contributed by atoms with Gasteiger partial charge in [-0.15, -0.1) is 0 Å². The number of nitrogens with two attached hydrogens (primary N) is 1. The number of amides is 1. The highest BCUT2D eigenvalue weighted by Gasteiger charge is 2.17. The van der Waals surface area contributed by atoms with Crippen LogP contribution in [0.1, 0.15) is 47.1 Å². The number of benzene rings is 1. The molecule has 0 atom stereocenters. The molecule has 4 N–H and O–H groups in total. The molecule has 0 aliphatic rings. The average molecular weight is 406 g/mol. The van der Waals surface area contributed by atoms with Gasteiger partial charge >= 0.3 is 6.09 Å². The molecule has 0 unspecified atom stereocenters. The molecule has 0 fully saturated rings. The number of rotatable bonds is 2. The molecule has 0 saturated heterocycles. The number of ether oxygens (including phenoxy) is 1. The summed E-state index contributed by atoms with van der Waals surface area (Å²) in [6, 6.07) is 7.56. The molecule has 1 aromatic carbocycles. The van der Waals surface area contributed by atoms with E-state index in [1.165, 1.54) is 0 Å². The van der Waals surface area contributed by atoms with Crippen molar-refractivity contribution < 1.29 is 9.53 Å². The molecule has 0 bridgehead atoms. The van der Waals surface area contributed by atoms with Gasteiger partial charge in [0.05, 0.1) is 11.1 Å². The molecule has 7 nitrogen and oxygen atoms in total. The summed E-state index contributed by atoms with van der Waals surface area (Å²) in [4.78, 5) is 16.3. The minimum Gasteiger partial charge on any atom is -0.444 e. The molecular formula is C23H27N5O2. The third-order valence-electron chi connectivity index (χ3n) is 4.00. The molecule has 2 aromatic heterocycles. The van der Waals surface area contributed by atoms with E-state index >= 15 is 0 Å². The van der Waals surface area contributed by atoms with E-state index in [1.807, 2.05) is 18.2 Å². The highest BCUT2D eigenvalue weighted by Crippen LogP contribution is 2.30. The second-order valence-corrected chi connectivity index (χ2v) is 9.11. The number of aromatic amines is 1. The predicted molar refractivity (Wildman–Crippen MR) is 120 cm³/mol. The zero-order valence-electron chi connectivity index (χ0n) is 18.2. The predicted octanol–water partition coefficient (Wildman–Crippen LogP) is 4.95. The van der Waals surface area contributed by atoms with E-state index in [9.17, 15) is 4.79 Å². The highest BCUT2D eigenvalue weighted by atomic mass is 16.6. The van der Waals surface area contributed by atoms with E-state index in [0.717, 1.165) is 27.6 Å². The molecular weight excluding hydrogens is 378 g/mol. The Kier molecular flexibility index (Phi) is 5.45. The van der Waals surface area contributed by atoms with Crippen molar-refractivity contribution in [3.05, 3.63) is 36.0 Å². The second kappa shape index (κ2) is 7.71. The lowest BCUT2D eigenvalue weighted by atomic mass is 9.96. The fraction of sp³-hybridized carbons (Fsp3) is 0.348. The van der Waals surface area contributed by atoms with Crippen molar-refractivity contribution in [3.63, 3.8) is 0 Å². The van der Waals surface area contributed by atoms with Crippen LogP contribution in [0.3, 0.4) is 0 Å². The molecule has 1 amide bonds. The Labute approximate surface area is 176 Å². The smallest absolute Gasteiger partial charge is 0.413 e. The van der Waals surface area contributed by atoms with E-state index in [2.05, 4.69) is 53.1 Å². The van der Waals surface area contributed by atoms with Crippen LogP contribution in [-0.4, -0.2) is 26.9 Å². The molecule has 0 aliphatic carbocycles. The van der Waals surface area contributed by atoms with Crippen molar-refractivity contribution in [1.29, 1.82) is 0 Å². The quantitative estimate of drug-likeness (QED) is 0.523. The number of nitrogen functional groups attached to an aromatic ring is 1. The van der Waals surface area contributed by atoms with Gasteiger partial charge in [0.1, 0.15) is 11.4 Å². The molecule has 2 heterocycles. The van der Waals surface area contributed by atoms with Crippen LogP contribution in [0.4, 0.5) is 16.4 Å². The number of anilines is 2. The summed E-state index contributed by atoms with van der Waals surface area (Å²) in [5.41, 5.74) is 8.67. The van der Waals surface area contributed by atoms with E-state index in [1.54, 1.807) is 33.0 Å². The largest absolute Gasteiger partial charge is 0.444 e. The standard InChI is InChI=1S/C23H27N5O2/c1-22(2,3)9-7-15-11-16(12-17-19(15)27-28-20(17)24)14-8-10-25-18(13-14)26-21(29)30-23(4,5)6/h8,10-13H,1-6H3,(H3,24,27,28)(H,25,26,29). The van der Waals surface area contributed by atoms with E-state index in [-0.39, 0.29) is 5.41 Å². The number of nitrogens with zero attached hydrogens (tertiary/aromatic N) is 2. The Morgan fingerprint density at radius 2 is 1.87 bits per heavy atom. The summed E-state index contributed by atoms with van der Waals surface area (Å²) >= 11 is 0. The second-order valence-electron chi connectivity index (χ2n) is 9.11. The highest BCUT2D eigenvalue weighted by molar-refractivity contribution is 5.96. The first kappa shape index (κ1) is 21.2. The Bertz CT molecular complexity index is 1150. The van der Waals surface area contributed by atoms with Gasteiger partial charge in [0, 0.05) is 17.0 Å². The average Bonchev–Trinajstić information content (AvgIpc) is 2.99. The first-order valence-corrected chi connectivity index (χ1v) is 9.68. The Balaban J connectivity index is 2.01. The first-order valence-electron chi connectivity index (χ1n) is 9.68. The number of hydrogen-bond donors (Lipinski definition) is 3. The number of carbonyl (C=O) groups excluding carboxylic acids is 1. The first-order chi connectivity index (χ1) is 13.9. The van der Waals surface area contributed by atoms with Crippen LogP contribution < -0.4 is 11.1 Å². The van der Waals surface area contributed by atoms with E-state index in [0.29, 0.717) is 11.6 Å². The van der Waals surface area contributed by atoms with Crippen LogP contribution in [-0.2, 0) is 4.74 Å². The number of H-pyrrole nitrogens is 1. The molecule has 0 radical (unpaired) electrons. The number of aromatic nitrogens is 3. The fourth-order valence-electron chi connectivity index (χ4n) is 2.75. The van der Waals surface area contributed by atoms with Crippen molar-refractivity contribution in [2.75, 3.05) is 11.1 Å². The number of carbonyl (C=O) groups is 1. The van der Waals surface area contributed by atoms with Gasteiger partial charge in [0.25, 0.3) is 0 Å². The number of hydrogen-bond acceptors (Lipinski definition) is 5. The van der Waals surface area contributed by atoms with Crippen molar-refractivity contribution >= 4 is 28.6 Å². The minimum atomic E-state index is -0.591. The van der Waals surface area contributed by atoms with Gasteiger partial charge in [-0.3, -0.25) is 10.4 Å². The Hall–Kier alpha value is -3.53. The molecule has 0 aliphatic heterocycles. The van der Waals surface area contributed by atoms with Crippen LogP contribution in [0.25, 0.3) is 22.0 Å². The van der Waals surface area contributed by atoms with Gasteiger partial charge < -0.3 is 10.5 Å². The van der Waals surface area contributed by atoms with Gasteiger partial charge in [-0.05, 0) is 76.9 Å². The van der Waals surface area contributed by atoms with Gasteiger partial charge in [-0.25, -0.2) is 9.78 Å². The maximum atomic E-state index is 12.1. The monoisotopic (exact) mass is 405 g/mol. The van der Waals surface area contributed by atoms with Crippen LogP contribution >= 0.6 is 0 Å². The normalized spacial score (nSPS) is 11.7. The summed E-state index contributed by atoms with van der Waals surface area (Å²) in [5.74, 6) is 7.30. The molecule has 156 valence electrons. The minimum absolute atomic E-state index is 0.144. The van der Waals surface area contributed by atoms with Gasteiger partial charge in [0.2, 0.25) is 0 Å². The van der Waals surface area contributed by atoms with Crippen LogP contribution in [0, 0.1) is 17.3 Å². The van der Waals surface area contributed by atoms with Crippen LogP contribution in [0.2, 0.25) is 0 Å². The summed E-state index contributed by atoms with van der Waals surface area (Å²) in [6.45, 7) is 11.6. The number of nitrogens with one attached hydrogen (secondary N) is 2.